The van der Waals surface area contributed by atoms with Gasteiger partial charge in [0.25, 0.3) is 5.90 Å². The molecule has 8 nitrogen and oxygen atoms in total. The fourth-order valence-corrected chi connectivity index (χ4v) is 2.94. The van der Waals surface area contributed by atoms with Crippen LogP contribution in [0.25, 0.3) is 6.08 Å². The quantitative estimate of drug-likeness (QED) is 0.373. The number of aliphatic imine (C=N–C) groups is 1. The van der Waals surface area contributed by atoms with E-state index in [4.69, 9.17) is 23.4 Å². The highest BCUT2D eigenvalue weighted by Crippen LogP contribution is 2.33. The minimum Gasteiger partial charge on any atom is -0.459 e. The Morgan fingerprint density at radius 2 is 1.90 bits per heavy atom. The van der Waals surface area contributed by atoms with Gasteiger partial charge in [0.05, 0.1) is 11.8 Å². The minimum atomic E-state index is -0.627. The van der Waals surface area contributed by atoms with Gasteiger partial charge in [0.15, 0.2) is 23.0 Å². The first-order valence-electron chi connectivity index (χ1n) is 8.95. The van der Waals surface area contributed by atoms with Gasteiger partial charge < -0.3 is 23.4 Å². The number of fused-ring (bicyclic) bond motifs is 1. The van der Waals surface area contributed by atoms with Crippen molar-refractivity contribution in [3.8, 4) is 17.2 Å². The van der Waals surface area contributed by atoms with Gasteiger partial charge in [0.2, 0.25) is 6.79 Å². The molecule has 0 N–H and O–H groups in total. The summed E-state index contributed by atoms with van der Waals surface area (Å²) in [5.74, 6) is 0.531. The molecule has 0 spiro atoms. The van der Waals surface area contributed by atoms with Gasteiger partial charge in [-0.2, -0.15) is 0 Å². The van der Waals surface area contributed by atoms with Gasteiger partial charge >= 0.3 is 11.9 Å². The summed E-state index contributed by atoms with van der Waals surface area (Å²) in [6.07, 6.45) is 2.94. The first-order chi connectivity index (χ1) is 14.7. The molecule has 0 radical (unpaired) electrons. The van der Waals surface area contributed by atoms with Crippen molar-refractivity contribution in [2.45, 2.75) is 0 Å². The number of esters is 2. The molecule has 5 rings (SSSR count). The van der Waals surface area contributed by atoms with E-state index in [1.807, 2.05) is 0 Å². The Labute approximate surface area is 170 Å². The molecule has 0 bridgehead atoms. The van der Waals surface area contributed by atoms with Crippen LogP contribution in [0.2, 0.25) is 0 Å². The molecule has 30 heavy (non-hydrogen) atoms. The second-order valence-electron chi connectivity index (χ2n) is 6.31. The summed E-state index contributed by atoms with van der Waals surface area (Å²) in [4.78, 5) is 28.9. The van der Waals surface area contributed by atoms with Gasteiger partial charge in [-0.05, 0) is 42.5 Å². The Hall–Kier alpha value is -4.33. The molecular formula is C22H13NO7. The topological polar surface area (TPSA) is 96.6 Å². The van der Waals surface area contributed by atoms with Crippen LogP contribution >= 0.6 is 0 Å². The Balaban J connectivity index is 1.41. The van der Waals surface area contributed by atoms with E-state index in [9.17, 15) is 9.59 Å². The summed E-state index contributed by atoms with van der Waals surface area (Å²) in [7, 11) is 0. The molecule has 2 aromatic carbocycles. The number of carbonyl (C=O) groups is 2. The van der Waals surface area contributed by atoms with Crippen LogP contribution in [-0.2, 0) is 9.53 Å². The van der Waals surface area contributed by atoms with Crippen molar-refractivity contribution in [3.05, 3.63) is 83.4 Å². The first-order valence-corrected chi connectivity index (χ1v) is 8.95. The van der Waals surface area contributed by atoms with Gasteiger partial charge in [-0.3, -0.25) is 0 Å². The third-order valence-electron chi connectivity index (χ3n) is 4.37. The Bertz CT molecular complexity index is 1210. The number of hydrogen-bond acceptors (Lipinski definition) is 8. The van der Waals surface area contributed by atoms with Crippen LogP contribution in [-0.4, -0.2) is 24.6 Å². The van der Waals surface area contributed by atoms with E-state index in [0.717, 1.165) is 0 Å². The fourth-order valence-electron chi connectivity index (χ4n) is 2.94. The number of hydrogen-bond donors (Lipinski definition) is 0. The Kier molecular flexibility index (Phi) is 4.29. The van der Waals surface area contributed by atoms with Crippen molar-refractivity contribution >= 4 is 23.9 Å². The Morgan fingerprint density at radius 3 is 2.77 bits per heavy atom. The number of furan rings is 1. The van der Waals surface area contributed by atoms with Crippen LogP contribution in [0.15, 0.2) is 76.0 Å². The molecule has 8 heteroatoms. The molecule has 0 atom stereocenters. The van der Waals surface area contributed by atoms with E-state index in [-0.39, 0.29) is 24.1 Å². The molecule has 0 fully saturated rings. The molecular weight excluding hydrogens is 390 g/mol. The summed E-state index contributed by atoms with van der Waals surface area (Å²) in [5.41, 5.74) is 0.857. The molecule has 0 amide bonds. The summed E-state index contributed by atoms with van der Waals surface area (Å²) in [6, 6.07) is 14.9. The molecule has 2 aliphatic rings. The van der Waals surface area contributed by atoms with E-state index in [2.05, 4.69) is 4.99 Å². The molecule has 2 aliphatic heterocycles. The third-order valence-corrected chi connectivity index (χ3v) is 4.37. The van der Waals surface area contributed by atoms with E-state index in [1.54, 1.807) is 54.6 Å². The zero-order chi connectivity index (χ0) is 20.5. The normalized spacial score (nSPS) is 15.8. The van der Waals surface area contributed by atoms with Gasteiger partial charge in [-0.25, -0.2) is 14.6 Å². The lowest BCUT2D eigenvalue weighted by Gasteiger charge is -2.08. The van der Waals surface area contributed by atoms with Gasteiger partial charge in [0, 0.05) is 5.56 Å². The van der Waals surface area contributed by atoms with Crippen LogP contribution < -0.4 is 14.2 Å². The summed E-state index contributed by atoms with van der Waals surface area (Å²) in [6.45, 7) is 0.112. The number of para-hydroxylation sites is 1. The highest BCUT2D eigenvalue weighted by molar-refractivity contribution is 6.12. The number of nitrogens with zero attached hydrogens (tertiary/aromatic N) is 1. The van der Waals surface area contributed by atoms with Crippen molar-refractivity contribution in [2.75, 3.05) is 6.79 Å². The van der Waals surface area contributed by atoms with Gasteiger partial charge in [-0.15, -0.1) is 0 Å². The molecule has 3 aromatic rings. The molecule has 3 heterocycles. The van der Waals surface area contributed by atoms with E-state index >= 15 is 0 Å². The lowest BCUT2D eigenvalue weighted by molar-refractivity contribution is -0.130. The second-order valence-corrected chi connectivity index (χ2v) is 6.31. The minimum absolute atomic E-state index is 0.0629. The standard InChI is InChI=1S/C22H13NO7/c24-21(14-7-8-17-19(11-14)28-12-27-17)29-16-5-2-1-4-13(16)10-15-22(25)30-20(23-15)18-6-3-9-26-18/h1-11H,12H2/b15-10+. The molecule has 0 saturated carbocycles. The largest absolute Gasteiger partial charge is 0.459 e. The number of ether oxygens (including phenoxy) is 4. The number of rotatable bonds is 4. The predicted octanol–water partition coefficient (Wildman–Crippen LogP) is 3.57. The summed E-state index contributed by atoms with van der Waals surface area (Å²) < 4.78 is 26.4. The smallest absolute Gasteiger partial charge is 0.363 e. The third kappa shape index (κ3) is 3.30. The monoisotopic (exact) mass is 403 g/mol. The molecule has 0 aliphatic carbocycles. The summed E-state index contributed by atoms with van der Waals surface area (Å²) in [5, 5.41) is 0. The van der Waals surface area contributed by atoms with Crippen molar-refractivity contribution in [3.63, 3.8) is 0 Å². The fraction of sp³-hybridized carbons (Fsp3) is 0.0455. The second kappa shape index (κ2) is 7.25. The molecule has 0 saturated heterocycles. The number of benzene rings is 2. The Morgan fingerprint density at radius 1 is 1.03 bits per heavy atom. The van der Waals surface area contributed by atoms with E-state index in [0.29, 0.717) is 28.4 Å². The SMILES string of the molecule is O=C1OC(c2ccco2)=N/C1=C/c1ccccc1OC(=O)c1ccc2c(c1)OCO2. The lowest BCUT2D eigenvalue weighted by atomic mass is 10.1. The van der Waals surface area contributed by atoms with E-state index < -0.39 is 11.9 Å². The number of carbonyl (C=O) groups excluding carboxylic acids is 2. The van der Waals surface area contributed by atoms with Crippen molar-refractivity contribution < 1.29 is 33.0 Å². The van der Waals surface area contributed by atoms with Crippen LogP contribution in [0.4, 0.5) is 0 Å². The molecule has 0 unspecified atom stereocenters. The first kappa shape index (κ1) is 17.7. The van der Waals surface area contributed by atoms with Gasteiger partial charge in [0.1, 0.15) is 5.75 Å². The molecule has 148 valence electrons. The van der Waals surface area contributed by atoms with Crippen LogP contribution in [0, 0.1) is 0 Å². The van der Waals surface area contributed by atoms with Crippen molar-refractivity contribution in [1.82, 2.24) is 0 Å². The van der Waals surface area contributed by atoms with Crippen LogP contribution in [0.5, 0.6) is 17.2 Å². The predicted molar refractivity (Wildman–Crippen MR) is 103 cm³/mol. The number of cyclic esters (lactones) is 1. The maximum atomic E-state index is 12.6. The van der Waals surface area contributed by atoms with E-state index in [1.165, 1.54) is 12.3 Å². The van der Waals surface area contributed by atoms with Crippen molar-refractivity contribution in [2.24, 2.45) is 4.99 Å². The zero-order valence-electron chi connectivity index (χ0n) is 15.4. The van der Waals surface area contributed by atoms with Crippen LogP contribution in [0.1, 0.15) is 21.7 Å². The lowest BCUT2D eigenvalue weighted by Crippen LogP contribution is -2.09. The van der Waals surface area contributed by atoms with Crippen molar-refractivity contribution in [1.29, 1.82) is 0 Å². The average Bonchev–Trinajstić information content (AvgIpc) is 3.50. The van der Waals surface area contributed by atoms with Crippen LogP contribution in [0.3, 0.4) is 0 Å². The maximum Gasteiger partial charge on any atom is 0.363 e. The molecule has 1 aromatic heterocycles. The summed E-state index contributed by atoms with van der Waals surface area (Å²) >= 11 is 0. The van der Waals surface area contributed by atoms with Gasteiger partial charge in [-0.1, -0.05) is 18.2 Å². The maximum absolute atomic E-state index is 12.6. The average molecular weight is 403 g/mol. The zero-order valence-corrected chi connectivity index (χ0v) is 15.4. The highest BCUT2D eigenvalue weighted by atomic mass is 16.7. The highest BCUT2D eigenvalue weighted by Gasteiger charge is 2.26.